The number of hydrogen-bond acceptors (Lipinski definition) is 6. The number of hydrogen-bond donors (Lipinski definition) is 2. The van der Waals surface area contributed by atoms with Crippen LogP contribution >= 0.6 is 12.2 Å². The van der Waals surface area contributed by atoms with E-state index in [2.05, 4.69) is 15.5 Å². The second-order valence-corrected chi connectivity index (χ2v) is 7.17. The van der Waals surface area contributed by atoms with Crippen molar-refractivity contribution in [3.63, 3.8) is 0 Å². The van der Waals surface area contributed by atoms with Crippen molar-refractivity contribution in [1.82, 2.24) is 20.1 Å². The van der Waals surface area contributed by atoms with Crippen LogP contribution in [0.2, 0.25) is 0 Å². The lowest BCUT2D eigenvalue weighted by molar-refractivity contribution is -0.126. The van der Waals surface area contributed by atoms with Crippen molar-refractivity contribution in [3.05, 3.63) is 28.8 Å². The molecule has 0 saturated carbocycles. The molecule has 2 aliphatic heterocycles. The van der Waals surface area contributed by atoms with E-state index in [1.165, 1.54) is 0 Å². The van der Waals surface area contributed by atoms with E-state index in [9.17, 15) is 9.59 Å². The second-order valence-electron chi connectivity index (χ2n) is 6.78. The lowest BCUT2D eigenvalue weighted by Gasteiger charge is -2.22. The molecule has 1 aromatic heterocycles. The van der Waals surface area contributed by atoms with Gasteiger partial charge < -0.3 is 24.3 Å². The fraction of sp³-hybridized carbons (Fsp3) is 0.444. The third-order valence-electron chi connectivity index (χ3n) is 4.95. The fourth-order valence-electron chi connectivity index (χ4n) is 3.38. The molecule has 0 spiro atoms. The zero-order chi connectivity index (χ0) is 19.7. The molecule has 2 aliphatic rings. The highest BCUT2D eigenvalue weighted by molar-refractivity contribution is 7.71. The molecule has 0 radical (unpaired) electrons. The molecule has 10 heteroatoms. The number of aromatic amines is 1. The van der Waals surface area contributed by atoms with Gasteiger partial charge in [0, 0.05) is 44.7 Å². The highest BCUT2D eigenvalue weighted by Crippen LogP contribution is 2.35. The first-order chi connectivity index (χ1) is 13.5. The van der Waals surface area contributed by atoms with E-state index in [1.807, 2.05) is 13.1 Å². The molecule has 28 heavy (non-hydrogen) atoms. The molecule has 1 atom stereocenters. The highest BCUT2D eigenvalue weighted by atomic mass is 32.1. The molecule has 2 N–H and O–H groups in total. The molecule has 1 fully saturated rings. The van der Waals surface area contributed by atoms with Crippen molar-refractivity contribution in [3.8, 4) is 11.5 Å². The van der Waals surface area contributed by atoms with Crippen LogP contribution in [-0.4, -0.2) is 52.9 Å². The van der Waals surface area contributed by atoms with Crippen LogP contribution in [-0.2, 0) is 23.1 Å². The van der Waals surface area contributed by atoms with Crippen molar-refractivity contribution in [2.24, 2.45) is 13.0 Å². The largest absolute Gasteiger partial charge is 0.486 e. The summed E-state index contributed by atoms with van der Waals surface area (Å²) in [6.07, 6.45) is 0.745. The van der Waals surface area contributed by atoms with Gasteiger partial charge in [-0.25, -0.2) is 0 Å². The first-order valence-corrected chi connectivity index (χ1v) is 9.52. The Hall–Kier alpha value is -2.88. The lowest BCUT2D eigenvalue weighted by Crippen LogP contribution is -2.34. The van der Waals surface area contributed by atoms with Gasteiger partial charge in [-0.05, 0) is 24.4 Å². The zero-order valence-corrected chi connectivity index (χ0v) is 16.3. The summed E-state index contributed by atoms with van der Waals surface area (Å²) in [6.45, 7) is 1.77. The molecule has 3 heterocycles. The van der Waals surface area contributed by atoms with Crippen LogP contribution in [0.3, 0.4) is 0 Å². The van der Waals surface area contributed by atoms with Gasteiger partial charge in [-0.15, -0.1) is 0 Å². The Morgan fingerprint density at radius 1 is 1.36 bits per heavy atom. The monoisotopic (exact) mass is 403 g/mol. The van der Waals surface area contributed by atoms with E-state index in [-0.39, 0.29) is 24.2 Å². The molecule has 9 nitrogen and oxygen atoms in total. The summed E-state index contributed by atoms with van der Waals surface area (Å²) < 4.78 is 13.4. The van der Waals surface area contributed by atoms with Gasteiger partial charge in [0.05, 0.1) is 5.92 Å². The summed E-state index contributed by atoms with van der Waals surface area (Å²) >= 11 is 5.07. The topological polar surface area (TPSA) is 101 Å². The van der Waals surface area contributed by atoms with Crippen molar-refractivity contribution in [2.75, 3.05) is 31.2 Å². The maximum absolute atomic E-state index is 12.5. The molecule has 2 aromatic rings. The average molecular weight is 403 g/mol. The van der Waals surface area contributed by atoms with Crippen molar-refractivity contribution in [2.45, 2.75) is 12.8 Å². The number of aromatic nitrogens is 3. The molecule has 0 aliphatic carbocycles. The predicted octanol–water partition coefficient (Wildman–Crippen LogP) is 0.961. The van der Waals surface area contributed by atoms with E-state index in [0.29, 0.717) is 54.7 Å². The van der Waals surface area contributed by atoms with Gasteiger partial charge in [-0.2, -0.15) is 5.10 Å². The summed E-state index contributed by atoms with van der Waals surface area (Å²) in [5.41, 5.74) is 0.714. The molecular formula is C18H21N5O4S. The van der Waals surface area contributed by atoms with Gasteiger partial charge in [-0.1, -0.05) is 0 Å². The SMILES string of the molecule is Cn1c(CCNC(=O)C2CC(=O)N(c3ccc4c(c3)OCCO4)C2)n[nH]c1=S. The van der Waals surface area contributed by atoms with Crippen LogP contribution in [0, 0.1) is 10.7 Å². The number of H-pyrrole nitrogens is 1. The number of carbonyl (C=O) groups is 2. The van der Waals surface area contributed by atoms with Gasteiger partial charge >= 0.3 is 0 Å². The average Bonchev–Trinajstić information content (AvgIpc) is 3.25. The Morgan fingerprint density at radius 3 is 2.89 bits per heavy atom. The van der Waals surface area contributed by atoms with Crippen molar-refractivity contribution in [1.29, 1.82) is 0 Å². The van der Waals surface area contributed by atoms with Crippen LogP contribution in [0.15, 0.2) is 18.2 Å². The molecule has 148 valence electrons. The quantitative estimate of drug-likeness (QED) is 0.721. The summed E-state index contributed by atoms with van der Waals surface area (Å²) in [5, 5.41) is 9.72. The number of rotatable bonds is 5. The van der Waals surface area contributed by atoms with Gasteiger partial charge in [0.25, 0.3) is 0 Å². The number of benzene rings is 1. The third kappa shape index (κ3) is 3.59. The Balaban J connectivity index is 1.35. The molecule has 4 rings (SSSR count). The van der Waals surface area contributed by atoms with Gasteiger partial charge in [0.2, 0.25) is 11.8 Å². The summed E-state index contributed by atoms with van der Waals surface area (Å²) in [5.74, 6) is 1.47. The van der Waals surface area contributed by atoms with E-state index >= 15 is 0 Å². The summed E-state index contributed by atoms with van der Waals surface area (Å²) in [4.78, 5) is 26.6. The Bertz CT molecular complexity index is 969. The maximum Gasteiger partial charge on any atom is 0.227 e. The molecule has 1 saturated heterocycles. The van der Waals surface area contributed by atoms with Crippen LogP contribution in [0.4, 0.5) is 5.69 Å². The number of nitrogens with zero attached hydrogens (tertiary/aromatic N) is 3. The van der Waals surface area contributed by atoms with Crippen LogP contribution in [0.5, 0.6) is 11.5 Å². The van der Waals surface area contributed by atoms with E-state index in [0.717, 1.165) is 5.82 Å². The van der Waals surface area contributed by atoms with E-state index < -0.39 is 0 Å². The molecule has 1 aromatic carbocycles. The highest BCUT2D eigenvalue weighted by Gasteiger charge is 2.35. The smallest absolute Gasteiger partial charge is 0.227 e. The fourth-order valence-corrected chi connectivity index (χ4v) is 3.53. The van der Waals surface area contributed by atoms with Gasteiger partial charge in [-0.3, -0.25) is 14.7 Å². The van der Waals surface area contributed by atoms with E-state index in [1.54, 1.807) is 21.6 Å². The van der Waals surface area contributed by atoms with Crippen molar-refractivity contribution < 1.29 is 19.1 Å². The Labute approximate surface area is 166 Å². The lowest BCUT2D eigenvalue weighted by atomic mass is 10.1. The Kier molecular flexibility index (Phi) is 5.03. The minimum atomic E-state index is -0.386. The number of anilines is 1. The number of carbonyl (C=O) groups excluding carboxylic acids is 2. The zero-order valence-electron chi connectivity index (χ0n) is 15.4. The first kappa shape index (κ1) is 18.5. The molecule has 2 amide bonds. The van der Waals surface area contributed by atoms with Crippen LogP contribution < -0.4 is 19.7 Å². The standard InChI is InChI=1S/C18H21N5O4S/c1-22-15(20-21-18(22)28)4-5-19-17(25)11-8-16(24)23(10-11)12-2-3-13-14(9-12)27-7-6-26-13/h2-3,9,11H,4-8,10H2,1H3,(H,19,25)(H,21,28). The van der Waals surface area contributed by atoms with E-state index in [4.69, 9.17) is 21.7 Å². The number of fused-ring (bicyclic) bond motifs is 1. The molecular weight excluding hydrogens is 382 g/mol. The first-order valence-electron chi connectivity index (χ1n) is 9.11. The second kappa shape index (κ2) is 7.63. The maximum atomic E-state index is 12.5. The molecule has 1 unspecified atom stereocenters. The number of ether oxygens (including phenoxy) is 2. The summed E-state index contributed by atoms with van der Waals surface area (Å²) in [7, 11) is 1.82. The Morgan fingerprint density at radius 2 is 2.14 bits per heavy atom. The number of amides is 2. The minimum Gasteiger partial charge on any atom is -0.486 e. The normalized spacial score (nSPS) is 18.4. The third-order valence-corrected chi connectivity index (χ3v) is 5.32. The molecule has 0 bridgehead atoms. The summed E-state index contributed by atoms with van der Waals surface area (Å²) in [6, 6.07) is 5.40. The van der Waals surface area contributed by atoms with Gasteiger partial charge in [0.1, 0.15) is 19.0 Å². The van der Waals surface area contributed by atoms with Crippen LogP contribution in [0.25, 0.3) is 0 Å². The minimum absolute atomic E-state index is 0.0775. The van der Waals surface area contributed by atoms with Gasteiger partial charge in [0.15, 0.2) is 16.3 Å². The van der Waals surface area contributed by atoms with Crippen LogP contribution in [0.1, 0.15) is 12.2 Å². The predicted molar refractivity (Wildman–Crippen MR) is 103 cm³/mol. The van der Waals surface area contributed by atoms with Crippen molar-refractivity contribution >= 4 is 29.7 Å². The number of nitrogens with one attached hydrogen (secondary N) is 2.